The first kappa shape index (κ1) is 9.45. The molecule has 0 saturated carbocycles. The van der Waals surface area contributed by atoms with Crippen molar-refractivity contribution in [3.05, 3.63) is 37.1 Å². The van der Waals surface area contributed by atoms with E-state index in [1.54, 1.807) is 12.2 Å². The zero-order chi connectivity index (χ0) is 8.69. The summed E-state index contributed by atoms with van der Waals surface area (Å²) < 4.78 is 0. The van der Waals surface area contributed by atoms with Crippen LogP contribution < -0.4 is 0 Å². The molecule has 0 radical (unpaired) electrons. The third kappa shape index (κ3) is 3.94. The average Bonchev–Trinajstić information content (AvgIpc) is 2.03. The summed E-state index contributed by atoms with van der Waals surface area (Å²) in [7, 11) is 0. The van der Waals surface area contributed by atoms with Crippen LogP contribution in [0, 0.1) is 12.3 Å². The van der Waals surface area contributed by atoms with E-state index in [1.807, 2.05) is 6.92 Å². The molecule has 1 nitrogen and oxygen atoms in total. The minimum absolute atomic E-state index is 0.567. The second kappa shape index (κ2) is 5.25. The Hall–Kier alpha value is -1.55. The Morgan fingerprint density at radius 3 is 2.55 bits per heavy atom. The van der Waals surface area contributed by atoms with Crippen LogP contribution in [0.25, 0.3) is 0 Å². The number of rotatable bonds is 3. The van der Waals surface area contributed by atoms with Gasteiger partial charge in [0.2, 0.25) is 0 Å². The van der Waals surface area contributed by atoms with Crippen molar-refractivity contribution in [3.8, 4) is 12.3 Å². The van der Waals surface area contributed by atoms with E-state index in [4.69, 9.17) is 6.42 Å². The van der Waals surface area contributed by atoms with Gasteiger partial charge in [0.25, 0.3) is 0 Å². The second-order valence-corrected chi connectivity index (χ2v) is 1.93. The third-order valence-corrected chi connectivity index (χ3v) is 1.06. The standard InChI is InChI=1S/C10H11N/c1-5-9(4)8-10(6-2)11-7-3/h2,5,7-8H,1,3H2,4H3/b9-8-,11-10?. The summed E-state index contributed by atoms with van der Waals surface area (Å²) in [5.41, 5.74) is 1.56. The lowest BCUT2D eigenvalue weighted by Gasteiger charge is -1.89. The largest absolute Gasteiger partial charge is 0.248 e. The van der Waals surface area contributed by atoms with Crippen molar-refractivity contribution in [1.82, 2.24) is 0 Å². The van der Waals surface area contributed by atoms with Crippen LogP contribution >= 0.6 is 0 Å². The highest BCUT2D eigenvalue weighted by Crippen LogP contribution is 1.93. The smallest absolute Gasteiger partial charge is 0.113 e. The number of nitrogens with zero attached hydrogens (tertiary/aromatic N) is 1. The highest BCUT2D eigenvalue weighted by molar-refractivity contribution is 6.09. The maximum atomic E-state index is 5.15. The predicted octanol–water partition coefficient (Wildman–Crippen LogP) is 2.34. The Bertz CT molecular complexity index is 249. The average molecular weight is 145 g/mol. The van der Waals surface area contributed by atoms with E-state index in [1.165, 1.54) is 6.20 Å². The fraction of sp³-hybridized carbons (Fsp3) is 0.100. The van der Waals surface area contributed by atoms with Crippen LogP contribution in [0.1, 0.15) is 6.92 Å². The van der Waals surface area contributed by atoms with Crippen molar-refractivity contribution in [3.63, 3.8) is 0 Å². The molecular weight excluding hydrogens is 134 g/mol. The number of hydrogen-bond acceptors (Lipinski definition) is 1. The van der Waals surface area contributed by atoms with Crippen LogP contribution in [0.5, 0.6) is 0 Å². The molecule has 0 amide bonds. The van der Waals surface area contributed by atoms with Crippen LogP contribution in [0.4, 0.5) is 0 Å². The van der Waals surface area contributed by atoms with Gasteiger partial charge in [-0.3, -0.25) is 0 Å². The molecule has 0 aromatic heterocycles. The summed E-state index contributed by atoms with van der Waals surface area (Å²) in [5, 5.41) is 0. The van der Waals surface area contributed by atoms with Crippen molar-refractivity contribution < 1.29 is 0 Å². The van der Waals surface area contributed by atoms with Gasteiger partial charge in [-0.05, 0) is 18.6 Å². The highest BCUT2D eigenvalue weighted by atomic mass is 14.7. The van der Waals surface area contributed by atoms with E-state index in [9.17, 15) is 0 Å². The predicted molar refractivity (Wildman–Crippen MR) is 50.4 cm³/mol. The Morgan fingerprint density at radius 1 is 1.55 bits per heavy atom. The normalized spacial score (nSPS) is 12.0. The van der Waals surface area contributed by atoms with Crippen LogP contribution in [0.2, 0.25) is 0 Å². The van der Waals surface area contributed by atoms with E-state index in [0.717, 1.165) is 5.57 Å². The molecule has 0 atom stereocenters. The molecule has 0 rings (SSSR count). The third-order valence-electron chi connectivity index (χ3n) is 1.06. The van der Waals surface area contributed by atoms with Gasteiger partial charge in [-0.1, -0.05) is 25.2 Å². The van der Waals surface area contributed by atoms with E-state index in [0.29, 0.717) is 5.71 Å². The molecule has 0 aromatic rings. The Balaban J connectivity index is 4.58. The molecule has 0 fully saturated rings. The molecule has 0 bridgehead atoms. The SMILES string of the molecule is C#CC(/C=C(/C)C=C)=NC=C. The van der Waals surface area contributed by atoms with Gasteiger partial charge in [-0.25, -0.2) is 4.99 Å². The Kier molecular flexibility index (Phi) is 4.51. The molecule has 0 spiro atoms. The Labute approximate surface area is 67.8 Å². The lowest BCUT2D eigenvalue weighted by Crippen LogP contribution is -1.87. The molecule has 0 heterocycles. The monoisotopic (exact) mass is 145 g/mol. The topological polar surface area (TPSA) is 12.4 Å². The lowest BCUT2D eigenvalue weighted by atomic mass is 10.2. The van der Waals surface area contributed by atoms with E-state index < -0.39 is 0 Å². The van der Waals surface area contributed by atoms with Crippen LogP contribution in [-0.2, 0) is 0 Å². The maximum absolute atomic E-state index is 5.15. The molecule has 1 heteroatoms. The van der Waals surface area contributed by atoms with Crippen molar-refractivity contribution in [1.29, 1.82) is 0 Å². The van der Waals surface area contributed by atoms with Crippen molar-refractivity contribution in [2.45, 2.75) is 6.92 Å². The van der Waals surface area contributed by atoms with Gasteiger partial charge in [0.15, 0.2) is 0 Å². The van der Waals surface area contributed by atoms with Gasteiger partial charge in [0.1, 0.15) is 5.71 Å². The zero-order valence-electron chi connectivity index (χ0n) is 6.67. The minimum Gasteiger partial charge on any atom is -0.248 e. The summed E-state index contributed by atoms with van der Waals surface area (Å²) in [4.78, 5) is 3.85. The van der Waals surface area contributed by atoms with Crippen LogP contribution in [-0.4, -0.2) is 5.71 Å². The molecule has 11 heavy (non-hydrogen) atoms. The molecule has 0 N–H and O–H groups in total. The van der Waals surface area contributed by atoms with Gasteiger partial charge in [0.05, 0.1) is 0 Å². The molecular formula is C10H11N. The van der Waals surface area contributed by atoms with E-state index >= 15 is 0 Å². The molecule has 0 aromatic carbocycles. The van der Waals surface area contributed by atoms with Crippen molar-refractivity contribution >= 4 is 5.71 Å². The summed E-state index contributed by atoms with van der Waals surface area (Å²) in [6.07, 6.45) is 10.1. The lowest BCUT2D eigenvalue weighted by molar-refractivity contribution is 1.53. The molecule has 0 aliphatic carbocycles. The summed E-state index contributed by atoms with van der Waals surface area (Å²) in [6.45, 7) is 8.94. The summed E-state index contributed by atoms with van der Waals surface area (Å²) >= 11 is 0. The number of aliphatic imine (C=N–C) groups is 1. The van der Waals surface area contributed by atoms with E-state index in [2.05, 4.69) is 24.1 Å². The number of terminal acetylenes is 1. The molecule has 0 aliphatic heterocycles. The molecule has 0 unspecified atom stereocenters. The van der Waals surface area contributed by atoms with Crippen LogP contribution in [0.15, 0.2) is 42.1 Å². The molecule has 0 aliphatic rings. The van der Waals surface area contributed by atoms with Gasteiger partial charge in [-0.15, -0.1) is 6.42 Å². The molecule has 56 valence electrons. The number of allylic oxidation sites excluding steroid dienone is 3. The van der Waals surface area contributed by atoms with Crippen molar-refractivity contribution in [2.75, 3.05) is 0 Å². The van der Waals surface area contributed by atoms with Gasteiger partial charge in [-0.2, -0.15) is 0 Å². The highest BCUT2D eigenvalue weighted by Gasteiger charge is 1.86. The summed E-state index contributed by atoms with van der Waals surface area (Å²) in [5.74, 6) is 2.42. The fourth-order valence-electron chi connectivity index (χ4n) is 0.489. The van der Waals surface area contributed by atoms with Crippen LogP contribution in [0.3, 0.4) is 0 Å². The quantitative estimate of drug-likeness (QED) is 0.328. The van der Waals surface area contributed by atoms with Gasteiger partial charge < -0.3 is 0 Å². The molecule has 0 saturated heterocycles. The van der Waals surface area contributed by atoms with E-state index in [-0.39, 0.29) is 0 Å². The second-order valence-electron chi connectivity index (χ2n) is 1.93. The zero-order valence-corrected chi connectivity index (χ0v) is 6.67. The minimum atomic E-state index is 0.567. The number of hydrogen-bond donors (Lipinski definition) is 0. The van der Waals surface area contributed by atoms with Gasteiger partial charge >= 0.3 is 0 Å². The van der Waals surface area contributed by atoms with Gasteiger partial charge in [0, 0.05) is 6.20 Å². The van der Waals surface area contributed by atoms with Crippen molar-refractivity contribution in [2.24, 2.45) is 4.99 Å². The summed E-state index contributed by atoms with van der Waals surface area (Å²) in [6, 6.07) is 0. The first-order valence-electron chi connectivity index (χ1n) is 3.20. The first-order chi connectivity index (χ1) is 5.24. The maximum Gasteiger partial charge on any atom is 0.113 e. The fourth-order valence-corrected chi connectivity index (χ4v) is 0.489. The Morgan fingerprint density at radius 2 is 2.18 bits per heavy atom. The first-order valence-corrected chi connectivity index (χ1v) is 3.20.